The molecule has 104 valence electrons. The zero-order valence-electron chi connectivity index (χ0n) is 11.6. The van der Waals surface area contributed by atoms with Gasteiger partial charge in [-0.1, -0.05) is 0 Å². The molecule has 2 aliphatic rings. The molecule has 1 aliphatic heterocycles. The maximum atomic E-state index is 11.9. The van der Waals surface area contributed by atoms with Crippen LogP contribution in [-0.4, -0.2) is 55.4 Å². The van der Waals surface area contributed by atoms with Crippen LogP contribution in [0.2, 0.25) is 0 Å². The molecule has 0 spiro atoms. The molecule has 2 fully saturated rings. The molecule has 1 atom stereocenters. The summed E-state index contributed by atoms with van der Waals surface area (Å²) in [5.74, 6) is -0.00907. The number of carbonyl (C=O) groups is 1. The Morgan fingerprint density at radius 3 is 2.72 bits per heavy atom. The maximum absolute atomic E-state index is 11.9. The average molecular weight is 256 g/mol. The third kappa shape index (κ3) is 2.84. The molecule has 5 heteroatoms. The van der Waals surface area contributed by atoms with Gasteiger partial charge in [0.1, 0.15) is 5.54 Å². The van der Waals surface area contributed by atoms with E-state index in [9.17, 15) is 4.79 Å². The summed E-state index contributed by atoms with van der Waals surface area (Å²) in [6.07, 6.45) is 2.05. The summed E-state index contributed by atoms with van der Waals surface area (Å²) in [5.41, 5.74) is 5.31. The molecule has 1 aliphatic carbocycles. The van der Waals surface area contributed by atoms with Gasteiger partial charge in [0.05, 0.1) is 19.3 Å². The Balaban J connectivity index is 2.03. The summed E-state index contributed by atoms with van der Waals surface area (Å²) in [4.78, 5) is 14.2. The smallest absolute Gasteiger partial charge is 0.327 e. The maximum Gasteiger partial charge on any atom is 0.327 e. The molecule has 1 saturated heterocycles. The number of hydrogen-bond acceptors (Lipinski definition) is 5. The van der Waals surface area contributed by atoms with Crippen molar-refractivity contribution in [1.29, 1.82) is 0 Å². The first-order chi connectivity index (χ1) is 8.37. The van der Waals surface area contributed by atoms with E-state index in [0.717, 1.165) is 25.9 Å². The first-order valence-electron chi connectivity index (χ1n) is 6.61. The predicted octanol–water partition coefficient (Wildman–Crippen LogP) is 0.378. The fourth-order valence-corrected chi connectivity index (χ4v) is 2.77. The first kappa shape index (κ1) is 13.8. The van der Waals surface area contributed by atoms with Crippen molar-refractivity contribution in [2.75, 3.05) is 33.4 Å². The van der Waals surface area contributed by atoms with Gasteiger partial charge in [0, 0.05) is 19.6 Å². The van der Waals surface area contributed by atoms with Gasteiger partial charge in [-0.2, -0.15) is 0 Å². The lowest BCUT2D eigenvalue weighted by atomic mass is 9.92. The molecule has 1 saturated carbocycles. The van der Waals surface area contributed by atoms with Crippen molar-refractivity contribution >= 4 is 5.97 Å². The largest absolute Gasteiger partial charge is 0.468 e. The van der Waals surface area contributed by atoms with Gasteiger partial charge in [0.2, 0.25) is 0 Å². The molecule has 0 amide bonds. The number of nitrogens with zero attached hydrogens (tertiary/aromatic N) is 1. The minimum atomic E-state index is -0.845. The summed E-state index contributed by atoms with van der Waals surface area (Å²) in [6.45, 7) is 7.01. The van der Waals surface area contributed by atoms with Gasteiger partial charge in [-0.05, 0) is 32.6 Å². The number of rotatable bonds is 4. The van der Waals surface area contributed by atoms with Gasteiger partial charge in [0.25, 0.3) is 0 Å². The standard InChI is InChI=1S/C13H24N2O3/c1-12(2)8-15(6-7-18-12)9-13(14,10-4-5-10)11(16)17-3/h10H,4-9,14H2,1-3H3. The van der Waals surface area contributed by atoms with Gasteiger partial charge >= 0.3 is 5.97 Å². The summed E-state index contributed by atoms with van der Waals surface area (Å²) in [7, 11) is 1.41. The van der Waals surface area contributed by atoms with E-state index in [1.165, 1.54) is 7.11 Å². The fourth-order valence-electron chi connectivity index (χ4n) is 2.77. The highest BCUT2D eigenvalue weighted by molar-refractivity contribution is 5.81. The Labute approximate surface area is 109 Å². The number of hydrogen-bond donors (Lipinski definition) is 1. The second kappa shape index (κ2) is 4.79. The molecule has 2 rings (SSSR count). The van der Waals surface area contributed by atoms with Crippen molar-refractivity contribution in [3.05, 3.63) is 0 Å². The molecule has 5 nitrogen and oxygen atoms in total. The van der Waals surface area contributed by atoms with Crippen molar-refractivity contribution in [1.82, 2.24) is 4.90 Å². The SMILES string of the molecule is COC(=O)C(N)(CN1CCOC(C)(C)C1)C1CC1. The molecule has 0 radical (unpaired) electrons. The molecule has 0 aromatic heterocycles. The molecule has 18 heavy (non-hydrogen) atoms. The molecular formula is C13H24N2O3. The molecule has 0 bridgehead atoms. The molecular weight excluding hydrogens is 232 g/mol. The van der Waals surface area contributed by atoms with E-state index in [1.54, 1.807) is 0 Å². The highest BCUT2D eigenvalue weighted by Crippen LogP contribution is 2.39. The summed E-state index contributed by atoms with van der Waals surface area (Å²) in [5, 5.41) is 0. The van der Waals surface area contributed by atoms with Crippen LogP contribution in [0.3, 0.4) is 0 Å². The monoisotopic (exact) mass is 256 g/mol. The van der Waals surface area contributed by atoms with Crippen LogP contribution in [0, 0.1) is 5.92 Å². The second-order valence-electron chi connectivity index (χ2n) is 6.13. The predicted molar refractivity (Wildman–Crippen MR) is 68.1 cm³/mol. The van der Waals surface area contributed by atoms with E-state index in [0.29, 0.717) is 13.2 Å². The zero-order chi connectivity index (χ0) is 13.4. The molecule has 0 aromatic carbocycles. The Kier molecular flexibility index (Phi) is 3.67. The average Bonchev–Trinajstić information content (AvgIpc) is 3.10. The lowest BCUT2D eigenvalue weighted by Gasteiger charge is -2.41. The van der Waals surface area contributed by atoms with E-state index in [-0.39, 0.29) is 17.5 Å². The highest BCUT2D eigenvalue weighted by Gasteiger charge is 2.50. The number of methoxy groups -OCH3 is 1. The van der Waals surface area contributed by atoms with Crippen LogP contribution in [0.5, 0.6) is 0 Å². The topological polar surface area (TPSA) is 64.8 Å². The number of ether oxygens (including phenoxy) is 2. The van der Waals surface area contributed by atoms with E-state index < -0.39 is 5.54 Å². The number of morpholine rings is 1. The van der Waals surface area contributed by atoms with Crippen molar-refractivity contribution < 1.29 is 14.3 Å². The van der Waals surface area contributed by atoms with E-state index >= 15 is 0 Å². The van der Waals surface area contributed by atoms with E-state index in [1.807, 2.05) is 0 Å². The summed E-state index contributed by atoms with van der Waals surface area (Å²) in [6, 6.07) is 0. The van der Waals surface area contributed by atoms with E-state index in [2.05, 4.69) is 18.7 Å². The van der Waals surface area contributed by atoms with Crippen molar-refractivity contribution in [2.24, 2.45) is 11.7 Å². The van der Waals surface area contributed by atoms with Crippen molar-refractivity contribution in [3.63, 3.8) is 0 Å². The Morgan fingerprint density at radius 2 is 2.22 bits per heavy atom. The van der Waals surface area contributed by atoms with Crippen LogP contribution in [0.15, 0.2) is 0 Å². The molecule has 2 N–H and O–H groups in total. The second-order valence-corrected chi connectivity index (χ2v) is 6.13. The Bertz CT molecular complexity index is 328. The highest BCUT2D eigenvalue weighted by atomic mass is 16.5. The normalized spacial score (nSPS) is 27.6. The quantitative estimate of drug-likeness (QED) is 0.737. The van der Waals surface area contributed by atoms with Crippen LogP contribution < -0.4 is 5.73 Å². The molecule has 0 aromatic rings. The van der Waals surface area contributed by atoms with Gasteiger partial charge < -0.3 is 15.2 Å². The minimum Gasteiger partial charge on any atom is -0.468 e. The van der Waals surface area contributed by atoms with E-state index in [4.69, 9.17) is 15.2 Å². The van der Waals surface area contributed by atoms with Crippen molar-refractivity contribution in [2.45, 2.75) is 37.8 Å². The summed E-state index contributed by atoms with van der Waals surface area (Å²) >= 11 is 0. The Hall–Kier alpha value is -0.650. The minimum absolute atomic E-state index is 0.168. The molecule has 1 unspecified atom stereocenters. The third-order valence-electron chi connectivity index (χ3n) is 3.86. The fraction of sp³-hybridized carbons (Fsp3) is 0.923. The first-order valence-corrected chi connectivity index (χ1v) is 6.61. The lowest BCUT2D eigenvalue weighted by Crippen LogP contribution is -2.61. The van der Waals surface area contributed by atoms with Gasteiger partial charge in [-0.15, -0.1) is 0 Å². The van der Waals surface area contributed by atoms with Crippen LogP contribution in [0.1, 0.15) is 26.7 Å². The number of nitrogens with two attached hydrogens (primary N) is 1. The summed E-state index contributed by atoms with van der Waals surface area (Å²) < 4.78 is 10.6. The van der Waals surface area contributed by atoms with Crippen LogP contribution in [-0.2, 0) is 14.3 Å². The number of carbonyl (C=O) groups excluding carboxylic acids is 1. The molecule has 1 heterocycles. The lowest BCUT2D eigenvalue weighted by molar-refractivity contribution is -0.151. The number of esters is 1. The van der Waals surface area contributed by atoms with Crippen LogP contribution in [0.4, 0.5) is 0 Å². The van der Waals surface area contributed by atoms with Gasteiger partial charge in [0.15, 0.2) is 0 Å². The van der Waals surface area contributed by atoms with Crippen LogP contribution in [0.25, 0.3) is 0 Å². The van der Waals surface area contributed by atoms with Gasteiger partial charge in [-0.25, -0.2) is 0 Å². The van der Waals surface area contributed by atoms with Gasteiger partial charge in [-0.3, -0.25) is 9.69 Å². The zero-order valence-corrected chi connectivity index (χ0v) is 11.6. The van der Waals surface area contributed by atoms with Crippen LogP contribution >= 0.6 is 0 Å². The van der Waals surface area contributed by atoms with Crippen molar-refractivity contribution in [3.8, 4) is 0 Å². The Morgan fingerprint density at radius 1 is 1.56 bits per heavy atom. The third-order valence-corrected chi connectivity index (χ3v) is 3.86.